The molecule has 5 nitrogen and oxygen atoms in total. The number of para-hydroxylation sites is 1. The van der Waals surface area contributed by atoms with Crippen molar-refractivity contribution < 1.29 is 4.79 Å². The Hall–Kier alpha value is -2.95. The van der Waals surface area contributed by atoms with Crippen LogP contribution >= 0.6 is 0 Å². The maximum absolute atomic E-state index is 12.8. The molecule has 1 aliphatic rings. The Morgan fingerprint density at radius 3 is 2.92 bits per heavy atom. The van der Waals surface area contributed by atoms with Crippen molar-refractivity contribution in [1.29, 1.82) is 0 Å². The van der Waals surface area contributed by atoms with E-state index in [9.17, 15) is 4.79 Å². The van der Waals surface area contributed by atoms with Gasteiger partial charge in [-0.05, 0) is 49.1 Å². The van der Waals surface area contributed by atoms with Crippen LogP contribution in [-0.2, 0) is 0 Å². The van der Waals surface area contributed by atoms with E-state index in [1.165, 1.54) is 6.42 Å². The minimum Gasteiger partial charge on any atom is -0.340 e. The molecule has 0 spiro atoms. The molecule has 0 saturated carbocycles. The second-order valence-electron chi connectivity index (χ2n) is 6.94. The van der Waals surface area contributed by atoms with E-state index in [-0.39, 0.29) is 5.91 Å². The molecule has 26 heavy (non-hydrogen) atoms. The number of carbonyl (C=O) groups excluding carboxylic acids is 1. The number of amides is 1. The highest BCUT2D eigenvalue weighted by molar-refractivity contribution is 5.96. The molecule has 0 bridgehead atoms. The number of likely N-dealkylation sites (tertiary alicyclic amines) is 1. The number of piperidine rings is 1. The van der Waals surface area contributed by atoms with Gasteiger partial charge in [-0.25, -0.2) is 9.97 Å². The first kappa shape index (κ1) is 16.5. The molecule has 1 fully saturated rings. The minimum atomic E-state index is 0.104. The number of hydrogen-bond acceptors (Lipinski definition) is 4. The fraction of sp³-hybridized carbons (Fsp3) is 0.286. The van der Waals surface area contributed by atoms with Gasteiger partial charge in [-0.2, -0.15) is 0 Å². The van der Waals surface area contributed by atoms with Gasteiger partial charge >= 0.3 is 0 Å². The number of carbonyl (C=O) groups is 1. The maximum Gasteiger partial charge on any atom is 0.253 e. The molecule has 0 radical (unpaired) electrons. The average molecular weight is 346 g/mol. The molecule has 2 aromatic carbocycles. The molecule has 4 rings (SSSR count). The van der Waals surface area contributed by atoms with Crippen molar-refractivity contribution in [1.82, 2.24) is 14.9 Å². The molecule has 132 valence electrons. The third-order valence-corrected chi connectivity index (χ3v) is 4.86. The number of fused-ring (bicyclic) bond motifs is 1. The van der Waals surface area contributed by atoms with Crippen LogP contribution in [0.2, 0.25) is 0 Å². The maximum atomic E-state index is 12.8. The predicted molar refractivity (Wildman–Crippen MR) is 104 cm³/mol. The first-order chi connectivity index (χ1) is 12.7. The van der Waals surface area contributed by atoms with Gasteiger partial charge in [0.15, 0.2) is 0 Å². The molecule has 3 aromatic rings. The van der Waals surface area contributed by atoms with Crippen LogP contribution in [0, 0.1) is 5.92 Å². The van der Waals surface area contributed by atoms with Gasteiger partial charge in [0, 0.05) is 29.7 Å². The van der Waals surface area contributed by atoms with E-state index in [1.807, 2.05) is 53.4 Å². The van der Waals surface area contributed by atoms with Crippen molar-refractivity contribution in [2.75, 3.05) is 18.4 Å². The summed E-state index contributed by atoms with van der Waals surface area (Å²) in [6.45, 7) is 3.89. The molecule has 1 unspecified atom stereocenters. The van der Waals surface area contributed by atoms with Crippen LogP contribution in [0.1, 0.15) is 30.1 Å². The first-order valence-corrected chi connectivity index (χ1v) is 9.07. The second-order valence-corrected chi connectivity index (χ2v) is 6.94. The quantitative estimate of drug-likeness (QED) is 0.770. The van der Waals surface area contributed by atoms with Gasteiger partial charge in [0.05, 0.1) is 5.52 Å². The topological polar surface area (TPSA) is 58.1 Å². The molecular weight excluding hydrogens is 324 g/mol. The molecule has 1 atom stereocenters. The molecule has 0 aliphatic carbocycles. The number of nitrogens with zero attached hydrogens (tertiary/aromatic N) is 3. The Labute approximate surface area is 153 Å². The third-order valence-electron chi connectivity index (χ3n) is 4.86. The van der Waals surface area contributed by atoms with Crippen LogP contribution in [0.5, 0.6) is 0 Å². The standard InChI is InChI=1S/C21H22N4O/c1-15-6-5-11-25(13-15)21(26)16-7-4-8-17(12-16)24-20-18-9-2-3-10-19(18)22-14-23-20/h2-4,7-10,12,14-15H,5-6,11,13H2,1H3,(H,22,23,24). The summed E-state index contributed by atoms with van der Waals surface area (Å²) < 4.78 is 0. The largest absolute Gasteiger partial charge is 0.340 e. The van der Waals surface area contributed by atoms with Crippen molar-refractivity contribution in [3.05, 3.63) is 60.4 Å². The van der Waals surface area contributed by atoms with Crippen molar-refractivity contribution in [2.24, 2.45) is 5.92 Å². The van der Waals surface area contributed by atoms with Gasteiger partial charge in [0.2, 0.25) is 0 Å². The lowest BCUT2D eigenvalue weighted by molar-refractivity contribution is 0.0683. The smallest absolute Gasteiger partial charge is 0.253 e. The van der Waals surface area contributed by atoms with Crippen molar-refractivity contribution in [3.63, 3.8) is 0 Å². The van der Waals surface area contributed by atoms with Gasteiger partial charge in [0.1, 0.15) is 12.1 Å². The van der Waals surface area contributed by atoms with Crippen LogP contribution in [0.25, 0.3) is 10.9 Å². The SMILES string of the molecule is CC1CCCN(C(=O)c2cccc(Nc3ncnc4ccccc34)c2)C1. The van der Waals surface area contributed by atoms with Crippen LogP contribution < -0.4 is 5.32 Å². The van der Waals surface area contributed by atoms with Gasteiger partial charge in [-0.3, -0.25) is 4.79 Å². The number of nitrogens with one attached hydrogen (secondary N) is 1. The summed E-state index contributed by atoms with van der Waals surface area (Å²) >= 11 is 0. The Balaban J connectivity index is 1.58. The zero-order chi connectivity index (χ0) is 17.9. The van der Waals surface area contributed by atoms with Crippen molar-refractivity contribution in [2.45, 2.75) is 19.8 Å². The number of aromatic nitrogens is 2. The second kappa shape index (κ2) is 7.12. The van der Waals surface area contributed by atoms with E-state index in [2.05, 4.69) is 22.2 Å². The molecule has 1 amide bonds. The van der Waals surface area contributed by atoms with Crippen LogP contribution in [-0.4, -0.2) is 33.9 Å². The van der Waals surface area contributed by atoms with E-state index >= 15 is 0 Å². The Morgan fingerprint density at radius 1 is 1.15 bits per heavy atom. The highest BCUT2D eigenvalue weighted by atomic mass is 16.2. The van der Waals surface area contributed by atoms with Gasteiger partial charge < -0.3 is 10.2 Å². The van der Waals surface area contributed by atoms with E-state index < -0.39 is 0 Å². The Kier molecular flexibility index (Phi) is 4.52. The van der Waals surface area contributed by atoms with Gasteiger partial charge in [-0.15, -0.1) is 0 Å². The summed E-state index contributed by atoms with van der Waals surface area (Å²) in [7, 11) is 0. The first-order valence-electron chi connectivity index (χ1n) is 9.07. The summed E-state index contributed by atoms with van der Waals surface area (Å²) in [6, 6.07) is 15.5. The summed E-state index contributed by atoms with van der Waals surface area (Å²) in [5.74, 6) is 1.42. The van der Waals surface area contributed by atoms with Crippen LogP contribution in [0.4, 0.5) is 11.5 Å². The van der Waals surface area contributed by atoms with E-state index in [0.29, 0.717) is 11.5 Å². The Bertz CT molecular complexity index is 935. The molecular formula is C21H22N4O. The summed E-state index contributed by atoms with van der Waals surface area (Å²) in [5, 5.41) is 4.29. The van der Waals surface area contributed by atoms with E-state index in [4.69, 9.17) is 0 Å². The summed E-state index contributed by atoms with van der Waals surface area (Å²) in [4.78, 5) is 23.4. The monoisotopic (exact) mass is 346 g/mol. The van der Waals surface area contributed by atoms with Gasteiger partial charge in [0.25, 0.3) is 5.91 Å². The highest BCUT2D eigenvalue weighted by Gasteiger charge is 2.22. The van der Waals surface area contributed by atoms with Crippen molar-refractivity contribution in [3.8, 4) is 0 Å². The summed E-state index contributed by atoms with van der Waals surface area (Å²) in [5.41, 5.74) is 2.45. The van der Waals surface area contributed by atoms with Gasteiger partial charge in [-0.1, -0.05) is 25.1 Å². The normalized spacial score (nSPS) is 17.3. The zero-order valence-electron chi connectivity index (χ0n) is 14.9. The van der Waals surface area contributed by atoms with Crippen LogP contribution in [0.15, 0.2) is 54.9 Å². The molecule has 2 heterocycles. The summed E-state index contributed by atoms with van der Waals surface area (Å²) in [6.07, 6.45) is 3.83. The van der Waals surface area contributed by atoms with E-state index in [1.54, 1.807) is 6.33 Å². The zero-order valence-corrected chi connectivity index (χ0v) is 14.9. The number of anilines is 2. The lowest BCUT2D eigenvalue weighted by atomic mass is 9.99. The lowest BCUT2D eigenvalue weighted by Crippen LogP contribution is -2.39. The highest BCUT2D eigenvalue weighted by Crippen LogP contribution is 2.24. The predicted octanol–water partition coefficient (Wildman–Crippen LogP) is 4.25. The average Bonchev–Trinajstić information content (AvgIpc) is 2.68. The molecule has 1 N–H and O–H groups in total. The fourth-order valence-electron chi connectivity index (χ4n) is 3.53. The third kappa shape index (κ3) is 3.38. The number of benzene rings is 2. The molecule has 5 heteroatoms. The van der Waals surface area contributed by atoms with Crippen LogP contribution in [0.3, 0.4) is 0 Å². The molecule has 1 aromatic heterocycles. The van der Waals surface area contributed by atoms with Crippen molar-refractivity contribution >= 4 is 28.3 Å². The fourth-order valence-corrected chi connectivity index (χ4v) is 3.53. The Morgan fingerprint density at radius 2 is 2.04 bits per heavy atom. The van der Waals surface area contributed by atoms with E-state index in [0.717, 1.165) is 41.9 Å². The molecule has 1 aliphatic heterocycles. The number of hydrogen-bond donors (Lipinski definition) is 1. The number of rotatable bonds is 3. The minimum absolute atomic E-state index is 0.104. The lowest BCUT2D eigenvalue weighted by Gasteiger charge is -2.31. The molecule has 1 saturated heterocycles.